The fraction of sp³-hybridized carbons (Fsp3) is 0.103. The van der Waals surface area contributed by atoms with Gasteiger partial charge in [-0.25, -0.2) is 0 Å². The number of fused-ring (bicyclic) bond motifs is 4. The number of benzene rings is 5. The summed E-state index contributed by atoms with van der Waals surface area (Å²) < 4.78 is 11.9. The summed E-state index contributed by atoms with van der Waals surface area (Å²) >= 11 is 0. The zero-order valence-corrected chi connectivity index (χ0v) is 17.3. The lowest BCUT2D eigenvalue weighted by molar-refractivity contribution is 0.241. The molecule has 2 heteroatoms. The number of ether oxygens (including phenoxy) is 2. The average molecular weight is 402 g/mol. The lowest BCUT2D eigenvalue weighted by Crippen LogP contribution is -2.03. The topological polar surface area (TPSA) is 18.5 Å². The molecule has 0 saturated heterocycles. The minimum atomic E-state index is 0.000406. The Morgan fingerprint density at radius 3 is 2.23 bits per heavy atom. The molecule has 0 bridgehead atoms. The second kappa shape index (κ2) is 7.17. The highest BCUT2D eigenvalue weighted by atomic mass is 16.5. The van der Waals surface area contributed by atoms with Crippen LogP contribution in [-0.2, 0) is 6.42 Å². The Bertz CT molecular complexity index is 1410. The first-order valence-electron chi connectivity index (χ1n) is 10.7. The number of hydrogen-bond donors (Lipinski definition) is 0. The van der Waals surface area contributed by atoms with Gasteiger partial charge in [-0.05, 0) is 51.0 Å². The van der Waals surface area contributed by atoms with E-state index in [4.69, 9.17) is 9.47 Å². The summed E-state index contributed by atoms with van der Waals surface area (Å²) in [4.78, 5) is 0. The van der Waals surface area contributed by atoms with E-state index in [0.717, 1.165) is 17.9 Å². The van der Waals surface area contributed by atoms with Gasteiger partial charge in [-0.3, -0.25) is 0 Å². The average Bonchev–Trinajstić information content (AvgIpc) is 3.29. The zero-order chi connectivity index (χ0) is 20.8. The molecule has 1 unspecified atom stereocenters. The van der Waals surface area contributed by atoms with Crippen molar-refractivity contribution in [3.05, 3.63) is 108 Å². The fourth-order valence-corrected chi connectivity index (χ4v) is 4.77. The van der Waals surface area contributed by atoms with Crippen molar-refractivity contribution >= 4 is 21.5 Å². The molecule has 0 saturated carbocycles. The van der Waals surface area contributed by atoms with Crippen LogP contribution < -0.4 is 9.47 Å². The van der Waals surface area contributed by atoms with Crippen molar-refractivity contribution in [1.82, 2.24) is 0 Å². The van der Waals surface area contributed by atoms with E-state index < -0.39 is 0 Å². The van der Waals surface area contributed by atoms with Crippen LogP contribution in [0.25, 0.3) is 32.7 Å². The minimum absolute atomic E-state index is 0.000406. The molecule has 150 valence electrons. The third kappa shape index (κ3) is 2.95. The Morgan fingerprint density at radius 2 is 1.42 bits per heavy atom. The highest BCUT2D eigenvalue weighted by molar-refractivity contribution is 6.02. The second-order valence-corrected chi connectivity index (χ2v) is 8.06. The van der Waals surface area contributed by atoms with Gasteiger partial charge in [-0.2, -0.15) is 0 Å². The third-order valence-electron chi connectivity index (χ3n) is 6.32. The molecule has 0 fully saturated rings. The second-order valence-electron chi connectivity index (χ2n) is 8.06. The summed E-state index contributed by atoms with van der Waals surface area (Å²) in [5.74, 6) is 1.88. The lowest BCUT2D eigenvalue weighted by atomic mass is 9.89. The Balaban J connectivity index is 1.55. The molecule has 1 atom stereocenters. The van der Waals surface area contributed by atoms with Gasteiger partial charge in [0.05, 0.1) is 7.11 Å². The van der Waals surface area contributed by atoms with E-state index in [1.807, 2.05) is 12.1 Å². The maximum Gasteiger partial charge on any atom is 0.132 e. The van der Waals surface area contributed by atoms with Crippen molar-refractivity contribution in [2.24, 2.45) is 0 Å². The van der Waals surface area contributed by atoms with Gasteiger partial charge in [0.25, 0.3) is 0 Å². The number of hydrogen-bond acceptors (Lipinski definition) is 2. The van der Waals surface area contributed by atoms with Crippen LogP contribution in [0.5, 0.6) is 11.5 Å². The van der Waals surface area contributed by atoms with Crippen molar-refractivity contribution in [3.63, 3.8) is 0 Å². The summed E-state index contributed by atoms with van der Waals surface area (Å²) in [6.07, 6.45) is 0.853. The molecule has 6 rings (SSSR count). The molecule has 0 aromatic heterocycles. The van der Waals surface area contributed by atoms with Crippen LogP contribution in [0.2, 0.25) is 0 Å². The van der Waals surface area contributed by atoms with E-state index in [9.17, 15) is 0 Å². The Morgan fingerprint density at radius 1 is 0.710 bits per heavy atom. The number of methoxy groups -OCH3 is 1. The molecule has 0 amide bonds. The van der Waals surface area contributed by atoms with Crippen molar-refractivity contribution in [2.75, 3.05) is 7.11 Å². The maximum atomic E-state index is 6.61. The quantitative estimate of drug-likeness (QED) is 0.314. The summed E-state index contributed by atoms with van der Waals surface area (Å²) in [6.45, 7) is 0. The van der Waals surface area contributed by atoms with Gasteiger partial charge >= 0.3 is 0 Å². The van der Waals surface area contributed by atoms with E-state index >= 15 is 0 Å². The predicted molar refractivity (Wildman–Crippen MR) is 127 cm³/mol. The summed E-state index contributed by atoms with van der Waals surface area (Å²) in [6, 6.07) is 34.2. The summed E-state index contributed by atoms with van der Waals surface area (Å²) in [7, 11) is 1.69. The van der Waals surface area contributed by atoms with E-state index in [1.165, 1.54) is 43.8 Å². The predicted octanol–water partition coefficient (Wildman–Crippen LogP) is 7.34. The minimum Gasteiger partial charge on any atom is -0.497 e. The molecular weight excluding hydrogens is 380 g/mol. The molecule has 0 spiro atoms. The smallest absolute Gasteiger partial charge is 0.132 e. The van der Waals surface area contributed by atoms with E-state index in [0.29, 0.717) is 0 Å². The zero-order valence-electron chi connectivity index (χ0n) is 17.3. The molecule has 0 aliphatic carbocycles. The van der Waals surface area contributed by atoms with E-state index in [-0.39, 0.29) is 6.10 Å². The molecule has 5 aromatic rings. The van der Waals surface area contributed by atoms with Crippen LogP contribution in [-0.4, -0.2) is 7.11 Å². The Kier molecular flexibility index (Phi) is 4.17. The van der Waals surface area contributed by atoms with Crippen LogP contribution in [0.4, 0.5) is 0 Å². The lowest BCUT2D eigenvalue weighted by Gasteiger charge is -2.13. The first-order chi connectivity index (χ1) is 15.3. The molecule has 0 N–H and O–H groups in total. The molecule has 1 heterocycles. The van der Waals surface area contributed by atoms with Crippen LogP contribution in [0.1, 0.15) is 17.2 Å². The van der Waals surface area contributed by atoms with Crippen LogP contribution in [0, 0.1) is 0 Å². The first-order valence-corrected chi connectivity index (χ1v) is 10.7. The van der Waals surface area contributed by atoms with Crippen molar-refractivity contribution < 1.29 is 9.47 Å². The molecule has 5 aromatic carbocycles. The van der Waals surface area contributed by atoms with Crippen molar-refractivity contribution in [2.45, 2.75) is 12.5 Å². The van der Waals surface area contributed by atoms with Gasteiger partial charge < -0.3 is 9.47 Å². The molecule has 1 aliphatic rings. The molecule has 31 heavy (non-hydrogen) atoms. The Labute approximate surface area is 181 Å². The van der Waals surface area contributed by atoms with Gasteiger partial charge in [0.1, 0.15) is 17.6 Å². The fourth-order valence-electron chi connectivity index (χ4n) is 4.77. The Hall–Kier alpha value is -3.78. The largest absolute Gasteiger partial charge is 0.497 e. The first kappa shape index (κ1) is 18.0. The van der Waals surface area contributed by atoms with Crippen LogP contribution in [0.3, 0.4) is 0 Å². The highest BCUT2D eigenvalue weighted by Crippen LogP contribution is 2.47. The van der Waals surface area contributed by atoms with Gasteiger partial charge in [-0.15, -0.1) is 0 Å². The van der Waals surface area contributed by atoms with Crippen molar-refractivity contribution in [3.8, 4) is 22.6 Å². The molecular formula is C29H22O2. The summed E-state index contributed by atoms with van der Waals surface area (Å²) in [5, 5.41) is 4.92. The number of rotatable bonds is 3. The monoisotopic (exact) mass is 402 g/mol. The van der Waals surface area contributed by atoms with E-state index in [2.05, 4.69) is 84.9 Å². The van der Waals surface area contributed by atoms with Gasteiger partial charge in [0.15, 0.2) is 0 Å². The van der Waals surface area contributed by atoms with Gasteiger partial charge in [-0.1, -0.05) is 78.9 Å². The highest BCUT2D eigenvalue weighted by Gasteiger charge is 2.29. The van der Waals surface area contributed by atoms with Gasteiger partial charge in [0.2, 0.25) is 0 Å². The standard InChI is InChI=1S/C29H22O2/c1-30-22-15-13-20(14-16-22)28-18-27-26(17-21-8-3-5-11-24(21)29(27)31-28)25-12-6-9-19-7-2-4-10-23(19)25/h2-17,28H,18H2,1H3. The van der Waals surface area contributed by atoms with Crippen LogP contribution in [0.15, 0.2) is 97.1 Å². The van der Waals surface area contributed by atoms with E-state index in [1.54, 1.807) is 7.11 Å². The van der Waals surface area contributed by atoms with Gasteiger partial charge in [0, 0.05) is 17.4 Å². The van der Waals surface area contributed by atoms with Crippen molar-refractivity contribution in [1.29, 1.82) is 0 Å². The summed E-state index contributed by atoms with van der Waals surface area (Å²) in [5.41, 5.74) is 4.99. The molecule has 0 radical (unpaired) electrons. The molecule has 2 nitrogen and oxygen atoms in total. The third-order valence-corrected chi connectivity index (χ3v) is 6.32. The SMILES string of the molecule is COc1ccc(C2Cc3c(-c4cccc5ccccc45)cc4ccccc4c3O2)cc1. The normalized spacial score (nSPS) is 15.1. The molecule has 1 aliphatic heterocycles. The van der Waals surface area contributed by atoms with Crippen LogP contribution >= 0.6 is 0 Å². The maximum absolute atomic E-state index is 6.61.